The van der Waals surface area contributed by atoms with Crippen LogP contribution in [0.25, 0.3) is 0 Å². The van der Waals surface area contributed by atoms with E-state index in [9.17, 15) is 0 Å². The normalized spacial score (nSPS) is 10.9. The molecule has 1 rings (SSSR count). The number of rotatable bonds is 8. The van der Waals surface area contributed by atoms with E-state index in [0.29, 0.717) is 6.54 Å². The summed E-state index contributed by atoms with van der Waals surface area (Å²) in [5.41, 5.74) is 8.04. The largest absolute Gasteiger partial charge is 0.496 e. The Morgan fingerprint density at radius 1 is 1.28 bits per heavy atom. The first kappa shape index (κ1) is 15.0. The van der Waals surface area contributed by atoms with Crippen LogP contribution in [0.4, 0.5) is 0 Å². The molecular formula is C14H24N2O2. The summed E-state index contributed by atoms with van der Waals surface area (Å²) in [6, 6.07) is 6.20. The summed E-state index contributed by atoms with van der Waals surface area (Å²) in [5, 5.41) is 0. The van der Waals surface area contributed by atoms with Gasteiger partial charge in [0.25, 0.3) is 0 Å². The Balaban J connectivity index is 2.71. The van der Waals surface area contributed by atoms with Crippen molar-refractivity contribution in [2.75, 3.05) is 33.9 Å². The van der Waals surface area contributed by atoms with Gasteiger partial charge in [0, 0.05) is 32.3 Å². The highest BCUT2D eigenvalue weighted by Crippen LogP contribution is 2.20. The molecule has 4 nitrogen and oxygen atoms in total. The molecule has 0 saturated carbocycles. The highest BCUT2D eigenvalue weighted by molar-refractivity contribution is 5.37. The van der Waals surface area contributed by atoms with Gasteiger partial charge in [0.2, 0.25) is 0 Å². The highest BCUT2D eigenvalue weighted by atomic mass is 16.5. The lowest BCUT2D eigenvalue weighted by Gasteiger charge is -2.20. The van der Waals surface area contributed by atoms with E-state index in [0.717, 1.165) is 37.6 Å². The minimum absolute atomic E-state index is 0.501. The van der Waals surface area contributed by atoms with Crippen molar-refractivity contribution in [3.63, 3.8) is 0 Å². The van der Waals surface area contributed by atoms with Crippen LogP contribution < -0.4 is 10.5 Å². The number of methoxy groups -OCH3 is 2. The predicted molar refractivity (Wildman–Crippen MR) is 73.7 cm³/mol. The second kappa shape index (κ2) is 8.08. The minimum atomic E-state index is 0.501. The standard InChI is InChI=1S/C14H24N2O2/c1-4-16(7-8-17-2)11-12-5-6-14(18-3)13(9-12)10-15/h5-6,9H,4,7-8,10-11,15H2,1-3H3. The van der Waals surface area contributed by atoms with Gasteiger partial charge in [-0.15, -0.1) is 0 Å². The fraction of sp³-hybridized carbons (Fsp3) is 0.571. The van der Waals surface area contributed by atoms with Crippen LogP contribution in [-0.4, -0.2) is 38.8 Å². The van der Waals surface area contributed by atoms with Crippen molar-refractivity contribution in [2.45, 2.75) is 20.0 Å². The molecule has 1 aromatic rings. The Morgan fingerprint density at radius 2 is 2.06 bits per heavy atom. The number of nitrogens with two attached hydrogens (primary N) is 1. The Hall–Kier alpha value is -1.10. The maximum absolute atomic E-state index is 5.73. The van der Waals surface area contributed by atoms with E-state index in [2.05, 4.69) is 24.0 Å². The monoisotopic (exact) mass is 252 g/mol. The van der Waals surface area contributed by atoms with E-state index >= 15 is 0 Å². The average Bonchev–Trinajstić information content (AvgIpc) is 2.43. The van der Waals surface area contributed by atoms with E-state index in [-0.39, 0.29) is 0 Å². The molecule has 0 saturated heterocycles. The summed E-state index contributed by atoms with van der Waals surface area (Å²) >= 11 is 0. The molecule has 0 bridgehead atoms. The number of benzene rings is 1. The second-order valence-electron chi connectivity index (χ2n) is 4.21. The maximum Gasteiger partial charge on any atom is 0.123 e. The van der Waals surface area contributed by atoms with Gasteiger partial charge in [0.1, 0.15) is 5.75 Å². The summed E-state index contributed by atoms with van der Waals surface area (Å²) < 4.78 is 10.4. The van der Waals surface area contributed by atoms with Crippen LogP contribution in [0, 0.1) is 0 Å². The predicted octanol–water partition coefficient (Wildman–Crippen LogP) is 1.62. The topological polar surface area (TPSA) is 47.7 Å². The van der Waals surface area contributed by atoms with E-state index in [1.165, 1.54) is 5.56 Å². The minimum Gasteiger partial charge on any atom is -0.496 e. The summed E-state index contributed by atoms with van der Waals surface area (Å²) in [7, 11) is 3.40. The van der Waals surface area contributed by atoms with Crippen LogP contribution in [-0.2, 0) is 17.8 Å². The third-order valence-electron chi connectivity index (χ3n) is 3.03. The van der Waals surface area contributed by atoms with Crippen molar-refractivity contribution in [2.24, 2.45) is 5.73 Å². The summed E-state index contributed by atoms with van der Waals surface area (Å²) in [6.07, 6.45) is 0. The smallest absolute Gasteiger partial charge is 0.123 e. The van der Waals surface area contributed by atoms with Crippen LogP contribution in [0.3, 0.4) is 0 Å². The van der Waals surface area contributed by atoms with Crippen LogP contribution in [0.2, 0.25) is 0 Å². The lowest BCUT2D eigenvalue weighted by Crippen LogP contribution is -2.26. The average molecular weight is 252 g/mol. The van der Waals surface area contributed by atoms with Gasteiger partial charge in [0.15, 0.2) is 0 Å². The zero-order valence-electron chi connectivity index (χ0n) is 11.6. The summed E-state index contributed by atoms with van der Waals surface area (Å²) in [6.45, 7) is 6.28. The number of ether oxygens (including phenoxy) is 2. The first-order chi connectivity index (χ1) is 8.74. The van der Waals surface area contributed by atoms with Crippen molar-refractivity contribution in [1.82, 2.24) is 4.90 Å². The molecule has 4 heteroatoms. The van der Waals surface area contributed by atoms with Crippen LogP contribution in [0.5, 0.6) is 5.75 Å². The van der Waals surface area contributed by atoms with Crippen molar-refractivity contribution in [3.8, 4) is 5.75 Å². The Kier molecular flexibility index (Phi) is 6.72. The number of likely N-dealkylation sites (N-methyl/N-ethyl adjacent to an activating group) is 1. The zero-order chi connectivity index (χ0) is 13.4. The summed E-state index contributed by atoms with van der Waals surface area (Å²) in [4.78, 5) is 2.34. The molecule has 102 valence electrons. The molecule has 0 unspecified atom stereocenters. The molecule has 0 aromatic heterocycles. The molecule has 0 aliphatic carbocycles. The van der Waals surface area contributed by atoms with Crippen LogP contribution in [0.15, 0.2) is 18.2 Å². The van der Waals surface area contributed by atoms with Gasteiger partial charge in [-0.05, 0) is 24.2 Å². The van der Waals surface area contributed by atoms with E-state index in [1.54, 1.807) is 14.2 Å². The molecule has 0 aliphatic rings. The molecular weight excluding hydrogens is 228 g/mol. The van der Waals surface area contributed by atoms with Gasteiger partial charge in [-0.3, -0.25) is 4.90 Å². The van der Waals surface area contributed by atoms with Gasteiger partial charge in [-0.2, -0.15) is 0 Å². The first-order valence-electron chi connectivity index (χ1n) is 6.32. The molecule has 0 aliphatic heterocycles. The Labute approximate surface area is 110 Å². The summed E-state index contributed by atoms with van der Waals surface area (Å²) in [5.74, 6) is 0.862. The van der Waals surface area contributed by atoms with Crippen molar-refractivity contribution in [3.05, 3.63) is 29.3 Å². The van der Waals surface area contributed by atoms with Crippen molar-refractivity contribution in [1.29, 1.82) is 0 Å². The molecule has 0 heterocycles. The molecule has 1 aromatic carbocycles. The SMILES string of the molecule is CCN(CCOC)Cc1ccc(OC)c(CN)c1. The van der Waals surface area contributed by atoms with Crippen molar-refractivity contribution < 1.29 is 9.47 Å². The fourth-order valence-electron chi connectivity index (χ4n) is 1.92. The lowest BCUT2D eigenvalue weighted by atomic mass is 10.1. The van der Waals surface area contributed by atoms with Gasteiger partial charge in [-0.1, -0.05) is 13.0 Å². The second-order valence-corrected chi connectivity index (χ2v) is 4.21. The van der Waals surface area contributed by atoms with Gasteiger partial charge in [-0.25, -0.2) is 0 Å². The van der Waals surface area contributed by atoms with E-state index < -0.39 is 0 Å². The van der Waals surface area contributed by atoms with E-state index in [1.807, 2.05) is 6.07 Å². The number of hydrogen-bond acceptors (Lipinski definition) is 4. The molecule has 0 amide bonds. The van der Waals surface area contributed by atoms with Crippen LogP contribution >= 0.6 is 0 Å². The quantitative estimate of drug-likeness (QED) is 0.764. The molecule has 0 spiro atoms. The maximum atomic E-state index is 5.73. The zero-order valence-corrected chi connectivity index (χ0v) is 11.6. The van der Waals surface area contributed by atoms with Crippen molar-refractivity contribution >= 4 is 0 Å². The Bertz CT molecular complexity index is 356. The van der Waals surface area contributed by atoms with Gasteiger partial charge < -0.3 is 15.2 Å². The molecule has 0 atom stereocenters. The third kappa shape index (κ3) is 4.29. The molecule has 0 fully saturated rings. The van der Waals surface area contributed by atoms with Gasteiger partial charge in [0.05, 0.1) is 13.7 Å². The fourth-order valence-corrected chi connectivity index (χ4v) is 1.92. The first-order valence-corrected chi connectivity index (χ1v) is 6.32. The number of hydrogen-bond donors (Lipinski definition) is 1. The van der Waals surface area contributed by atoms with E-state index in [4.69, 9.17) is 15.2 Å². The lowest BCUT2D eigenvalue weighted by molar-refractivity contribution is 0.147. The van der Waals surface area contributed by atoms with Gasteiger partial charge >= 0.3 is 0 Å². The number of nitrogens with zero attached hydrogens (tertiary/aromatic N) is 1. The molecule has 2 N–H and O–H groups in total. The van der Waals surface area contributed by atoms with Crippen LogP contribution in [0.1, 0.15) is 18.1 Å². The Morgan fingerprint density at radius 3 is 2.61 bits per heavy atom. The third-order valence-corrected chi connectivity index (χ3v) is 3.03. The molecule has 0 radical (unpaired) electrons. The molecule has 18 heavy (non-hydrogen) atoms. The highest BCUT2D eigenvalue weighted by Gasteiger charge is 2.06.